The maximum Gasteiger partial charge on any atom is 0.268 e. The summed E-state index contributed by atoms with van der Waals surface area (Å²) in [6.45, 7) is 2.26. The van der Waals surface area contributed by atoms with E-state index >= 15 is 4.39 Å². The Morgan fingerprint density at radius 3 is 2.61 bits per heavy atom. The number of ether oxygens (including phenoxy) is 2. The molecule has 0 radical (unpaired) electrons. The normalized spacial score (nSPS) is 15.0. The van der Waals surface area contributed by atoms with Gasteiger partial charge < -0.3 is 14.8 Å². The van der Waals surface area contributed by atoms with Gasteiger partial charge >= 0.3 is 0 Å². The molecule has 0 spiro atoms. The van der Waals surface area contributed by atoms with Crippen LogP contribution in [0, 0.1) is 17.6 Å². The van der Waals surface area contributed by atoms with Crippen LogP contribution in [-0.2, 0) is 21.3 Å². The topological polar surface area (TPSA) is 69.6 Å². The van der Waals surface area contributed by atoms with Gasteiger partial charge in [-0.15, -0.1) is 0 Å². The van der Waals surface area contributed by atoms with E-state index in [2.05, 4.69) is 5.32 Å². The van der Waals surface area contributed by atoms with E-state index in [1.165, 1.54) is 36.5 Å². The lowest BCUT2D eigenvalue weighted by Crippen LogP contribution is -2.21. The smallest absolute Gasteiger partial charge is 0.268 e. The van der Waals surface area contributed by atoms with E-state index in [-0.39, 0.29) is 16.2 Å². The average molecular weight is 477 g/mol. The van der Waals surface area contributed by atoms with Gasteiger partial charge in [-0.3, -0.25) is 0 Å². The van der Waals surface area contributed by atoms with Gasteiger partial charge in [0.15, 0.2) is 0 Å². The van der Waals surface area contributed by atoms with Crippen molar-refractivity contribution in [3.8, 4) is 17.0 Å². The van der Waals surface area contributed by atoms with E-state index in [1.54, 1.807) is 19.2 Å². The Hall–Kier alpha value is -2.75. The zero-order valence-electron chi connectivity index (χ0n) is 18.3. The molecule has 1 fully saturated rings. The number of hydrogen-bond donors (Lipinski definition) is 1. The number of hydrogen-bond acceptors (Lipinski definition) is 5. The molecule has 0 amide bonds. The van der Waals surface area contributed by atoms with Crippen LogP contribution in [0.5, 0.6) is 5.75 Å². The second-order valence-electron chi connectivity index (χ2n) is 8.03. The van der Waals surface area contributed by atoms with Gasteiger partial charge in [-0.25, -0.2) is 21.2 Å². The van der Waals surface area contributed by atoms with Crippen molar-refractivity contribution >= 4 is 10.0 Å². The molecule has 1 N–H and O–H groups in total. The van der Waals surface area contributed by atoms with Gasteiger partial charge in [0, 0.05) is 37.6 Å². The molecule has 1 aromatic heterocycles. The quantitative estimate of drug-likeness (QED) is 0.528. The highest BCUT2D eigenvalue weighted by atomic mass is 32.2. The van der Waals surface area contributed by atoms with E-state index in [9.17, 15) is 12.8 Å². The molecule has 2 heterocycles. The van der Waals surface area contributed by atoms with Crippen molar-refractivity contribution in [2.24, 2.45) is 5.92 Å². The Morgan fingerprint density at radius 1 is 1.12 bits per heavy atom. The number of rotatable bonds is 8. The minimum Gasteiger partial charge on any atom is -0.493 e. The number of nitrogens with one attached hydrogen (secondary N) is 1. The number of aromatic nitrogens is 1. The highest BCUT2D eigenvalue weighted by molar-refractivity contribution is 7.90. The molecule has 0 saturated carbocycles. The number of nitrogens with zero attached hydrogens (tertiary/aromatic N) is 1. The summed E-state index contributed by atoms with van der Waals surface area (Å²) in [5.41, 5.74) is 0.903. The van der Waals surface area contributed by atoms with E-state index in [4.69, 9.17) is 9.47 Å². The summed E-state index contributed by atoms with van der Waals surface area (Å²) in [5.74, 6) is -0.537. The summed E-state index contributed by atoms with van der Waals surface area (Å²) in [5, 5.41) is 2.96. The van der Waals surface area contributed by atoms with Crippen molar-refractivity contribution in [2.75, 3.05) is 26.9 Å². The molecule has 0 unspecified atom stereocenters. The molecule has 176 valence electrons. The van der Waals surface area contributed by atoms with Gasteiger partial charge in [-0.05, 0) is 67.8 Å². The van der Waals surface area contributed by atoms with Gasteiger partial charge in [-0.1, -0.05) is 6.07 Å². The van der Waals surface area contributed by atoms with E-state index in [1.807, 2.05) is 0 Å². The molecule has 0 bridgehead atoms. The fraction of sp³-hybridized carbons (Fsp3) is 0.333. The second-order valence-corrected chi connectivity index (χ2v) is 9.85. The summed E-state index contributed by atoms with van der Waals surface area (Å²) in [4.78, 5) is -0.216. The maximum absolute atomic E-state index is 15.1. The molecule has 1 aliphatic heterocycles. The van der Waals surface area contributed by atoms with E-state index in [0.29, 0.717) is 43.6 Å². The Kier molecular flexibility index (Phi) is 7.11. The first-order valence-corrected chi connectivity index (χ1v) is 12.2. The Bertz CT molecular complexity index is 1220. The van der Waals surface area contributed by atoms with Crippen LogP contribution in [0.1, 0.15) is 18.4 Å². The third-order valence-corrected chi connectivity index (χ3v) is 7.29. The lowest BCUT2D eigenvalue weighted by Gasteiger charge is -2.22. The summed E-state index contributed by atoms with van der Waals surface area (Å²) >= 11 is 0. The Balaban J connectivity index is 1.66. The van der Waals surface area contributed by atoms with Crippen molar-refractivity contribution in [2.45, 2.75) is 24.3 Å². The van der Waals surface area contributed by atoms with Crippen molar-refractivity contribution < 1.29 is 26.7 Å². The molecule has 9 heteroatoms. The molecular weight excluding hydrogens is 450 g/mol. The van der Waals surface area contributed by atoms with Crippen molar-refractivity contribution in [1.82, 2.24) is 9.29 Å². The van der Waals surface area contributed by atoms with Crippen molar-refractivity contribution in [3.63, 3.8) is 0 Å². The molecule has 0 aliphatic carbocycles. The van der Waals surface area contributed by atoms with Gasteiger partial charge in [-0.2, -0.15) is 0 Å². The van der Waals surface area contributed by atoms with Crippen LogP contribution < -0.4 is 10.1 Å². The van der Waals surface area contributed by atoms with E-state index < -0.39 is 21.7 Å². The minimum atomic E-state index is -4.15. The van der Waals surface area contributed by atoms with Crippen LogP contribution in [0.2, 0.25) is 0 Å². The number of halogens is 2. The van der Waals surface area contributed by atoms with Crippen LogP contribution in [-0.4, -0.2) is 39.3 Å². The van der Waals surface area contributed by atoms with Crippen LogP contribution in [0.25, 0.3) is 11.3 Å². The second kappa shape index (κ2) is 10.0. The first kappa shape index (κ1) is 23.4. The SMILES string of the molecule is CNCc1cc(-c2ccc(OCC3CCOCC3)cc2F)n(S(=O)(=O)c2cccc(F)c2)c1. The number of benzene rings is 2. The largest absolute Gasteiger partial charge is 0.493 e. The summed E-state index contributed by atoms with van der Waals surface area (Å²) < 4.78 is 67.5. The molecule has 3 aromatic rings. The van der Waals surface area contributed by atoms with Crippen LogP contribution >= 0.6 is 0 Å². The van der Waals surface area contributed by atoms with Gasteiger partial charge in [0.2, 0.25) is 0 Å². The molecule has 2 aromatic carbocycles. The van der Waals surface area contributed by atoms with Gasteiger partial charge in [0.1, 0.15) is 17.4 Å². The molecule has 4 rings (SSSR count). The summed E-state index contributed by atoms with van der Waals surface area (Å²) in [6.07, 6.45) is 3.22. The standard InChI is InChI=1S/C24H26F2N2O4S/c1-27-14-18-11-24(28(15-18)33(29,30)21-4-2-3-19(25)12-21)22-6-5-20(13-23(22)26)32-16-17-7-9-31-10-8-17/h2-6,11-13,15,17,27H,7-10,14,16H2,1H3. The Morgan fingerprint density at radius 2 is 1.91 bits per heavy atom. The van der Waals surface area contributed by atoms with Gasteiger partial charge in [0.25, 0.3) is 10.0 Å². The Labute approximate surface area is 192 Å². The zero-order valence-corrected chi connectivity index (χ0v) is 19.1. The highest BCUT2D eigenvalue weighted by Crippen LogP contribution is 2.31. The predicted octanol–water partition coefficient (Wildman–Crippen LogP) is 4.20. The minimum absolute atomic E-state index is 0.107. The third kappa shape index (κ3) is 5.26. The fourth-order valence-corrected chi connectivity index (χ4v) is 5.28. The van der Waals surface area contributed by atoms with Gasteiger partial charge in [0.05, 0.1) is 17.2 Å². The monoisotopic (exact) mass is 476 g/mol. The molecular formula is C24H26F2N2O4S. The average Bonchev–Trinajstić information content (AvgIpc) is 3.23. The maximum atomic E-state index is 15.1. The first-order chi connectivity index (χ1) is 15.9. The lowest BCUT2D eigenvalue weighted by molar-refractivity contribution is 0.0497. The summed E-state index contributed by atoms with van der Waals surface area (Å²) in [7, 11) is -2.42. The fourth-order valence-electron chi connectivity index (χ4n) is 3.85. The summed E-state index contributed by atoms with van der Waals surface area (Å²) in [6, 6.07) is 10.7. The van der Waals surface area contributed by atoms with Crippen molar-refractivity contribution in [1.29, 1.82) is 0 Å². The molecule has 6 nitrogen and oxygen atoms in total. The predicted molar refractivity (Wildman–Crippen MR) is 121 cm³/mol. The van der Waals surface area contributed by atoms with E-state index in [0.717, 1.165) is 22.9 Å². The van der Waals surface area contributed by atoms with Crippen LogP contribution in [0.3, 0.4) is 0 Å². The van der Waals surface area contributed by atoms with Crippen LogP contribution in [0.4, 0.5) is 8.78 Å². The van der Waals surface area contributed by atoms with Crippen molar-refractivity contribution in [3.05, 3.63) is 71.9 Å². The zero-order chi connectivity index (χ0) is 23.4. The molecule has 1 saturated heterocycles. The molecule has 33 heavy (non-hydrogen) atoms. The molecule has 0 atom stereocenters. The lowest BCUT2D eigenvalue weighted by atomic mass is 10.0. The van der Waals surface area contributed by atoms with Crippen LogP contribution in [0.15, 0.2) is 59.6 Å². The third-order valence-electron chi connectivity index (χ3n) is 5.62. The molecule has 1 aliphatic rings. The first-order valence-electron chi connectivity index (χ1n) is 10.8. The highest BCUT2D eigenvalue weighted by Gasteiger charge is 2.24.